The highest BCUT2D eigenvalue weighted by Gasteiger charge is 2.23. The second-order valence-electron chi connectivity index (χ2n) is 10.3. The molecule has 7 aromatic rings. The highest BCUT2D eigenvalue weighted by molar-refractivity contribution is 6.90. The molecule has 0 unspecified atom stereocenters. The fourth-order valence-electron chi connectivity index (χ4n) is 5.08. The number of fused-ring (bicyclic) bond motifs is 6. The number of para-hydroxylation sites is 2. The van der Waals surface area contributed by atoms with Gasteiger partial charge in [0.15, 0.2) is 0 Å². The van der Waals surface area contributed by atoms with Crippen LogP contribution in [0.15, 0.2) is 100.0 Å². The topological polar surface area (TPSA) is 52.1 Å². The number of furan rings is 2. The summed E-state index contributed by atoms with van der Waals surface area (Å²) in [5.74, 6) is 0. The van der Waals surface area contributed by atoms with E-state index in [0.29, 0.717) is 5.71 Å². The molecule has 7 rings (SSSR count). The second-order valence-corrected chi connectivity index (χ2v) is 15.3. The number of benzene rings is 3. The average Bonchev–Trinajstić information content (AvgIpc) is 3.45. The Hall–Kier alpha value is -4.22. The summed E-state index contributed by atoms with van der Waals surface area (Å²) >= 11 is 0. The Morgan fingerprint density at radius 2 is 1.42 bits per heavy atom. The van der Waals surface area contributed by atoms with Gasteiger partial charge in [-0.05, 0) is 23.4 Å². The van der Waals surface area contributed by atoms with Crippen molar-refractivity contribution in [3.05, 3.63) is 91.1 Å². The lowest BCUT2D eigenvalue weighted by Crippen LogP contribution is -2.37. The molecule has 0 atom stereocenters. The summed E-state index contributed by atoms with van der Waals surface area (Å²) in [6.07, 6.45) is 1.93. The molecule has 3 aromatic carbocycles. The lowest BCUT2D eigenvalue weighted by atomic mass is 10.1. The van der Waals surface area contributed by atoms with Crippen LogP contribution in [0.2, 0.25) is 19.6 Å². The van der Waals surface area contributed by atoms with E-state index in [9.17, 15) is 0 Å². The van der Waals surface area contributed by atoms with E-state index in [1.54, 1.807) is 0 Å². The van der Waals surface area contributed by atoms with Gasteiger partial charge in [-0.1, -0.05) is 80.3 Å². The van der Waals surface area contributed by atoms with E-state index in [1.165, 1.54) is 5.19 Å². The zero-order chi connectivity index (χ0) is 24.4. The predicted molar refractivity (Wildman–Crippen MR) is 150 cm³/mol. The molecule has 4 nitrogen and oxygen atoms in total. The third kappa shape index (κ3) is 3.20. The highest BCUT2D eigenvalue weighted by atomic mass is 28.3. The summed E-state index contributed by atoms with van der Waals surface area (Å²) in [6.45, 7) is 7.04. The zero-order valence-electron chi connectivity index (χ0n) is 20.4. The summed E-state index contributed by atoms with van der Waals surface area (Å²) in [4.78, 5) is 9.67. The Morgan fingerprint density at radius 3 is 2.22 bits per heavy atom. The summed E-state index contributed by atoms with van der Waals surface area (Å²) < 4.78 is 12.8. The minimum absolute atomic E-state index is 0.628. The molecule has 0 radical (unpaired) electrons. The SMILES string of the molecule is C[Si](C)(C)c1cccc2c1oc1cc(-c3cccc4c3oc3nc(-c5ccccc5)ccc34)ncc12. The van der Waals surface area contributed by atoms with Crippen molar-refractivity contribution in [1.29, 1.82) is 0 Å². The van der Waals surface area contributed by atoms with Crippen LogP contribution in [0.4, 0.5) is 0 Å². The van der Waals surface area contributed by atoms with Gasteiger partial charge < -0.3 is 8.83 Å². The number of pyridine rings is 2. The molecule has 36 heavy (non-hydrogen) atoms. The standard InChI is InChI=1S/C31H24N2O2Si/c1-36(2,3)28-14-8-12-21-24-18-32-26(17-27(24)34-30(21)28)23-13-7-11-20-22-15-16-25(19-9-5-4-6-10-19)33-31(22)35-29(20)23/h4-18H,1-3H3. The van der Waals surface area contributed by atoms with Crippen LogP contribution in [0.3, 0.4) is 0 Å². The summed E-state index contributed by atoms with van der Waals surface area (Å²) in [5.41, 5.74) is 6.96. The summed E-state index contributed by atoms with van der Waals surface area (Å²) in [5, 5.41) is 5.53. The van der Waals surface area contributed by atoms with E-state index in [4.69, 9.17) is 18.8 Å². The fourth-order valence-corrected chi connectivity index (χ4v) is 6.54. The molecule has 0 spiro atoms. The molecule has 0 N–H and O–H groups in total. The lowest BCUT2D eigenvalue weighted by Gasteiger charge is -2.16. The van der Waals surface area contributed by atoms with Gasteiger partial charge in [0.05, 0.1) is 19.5 Å². The zero-order valence-corrected chi connectivity index (χ0v) is 21.4. The maximum absolute atomic E-state index is 6.46. The highest BCUT2D eigenvalue weighted by Crippen LogP contribution is 2.37. The summed E-state index contributed by atoms with van der Waals surface area (Å²) in [7, 11) is -1.56. The number of rotatable bonds is 3. The van der Waals surface area contributed by atoms with Crippen molar-refractivity contribution in [2.45, 2.75) is 19.6 Å². The van der Waals surface area contributed by atoms with Gasteiger partial charge >= 0.3 is 0 Å². The number of hydrogen-bond donors (Lipinski definition) is 0. The molecule has 174 valence electrons. The second kappa shape index (κ2) is 7.64. The average molecular weight is 485 g/mol. The van der Waals surface area contributed by atoms with E-state index in [2.05, 4.69) is 62.1 Å². The molecule has 0 aliphatic carbocycles. The maximum Gasteiger partial charge on any atom is 0.227 e. The van der Waals surface area contributed by atoms with Gasteiger partial charge in [0.2, 0.25) is 5.71 Å². The van der Waals surface area contributed by atoms with Crippen molar-refractivity contribution in [3.8, 4) is 22.5 Å². The van der Waals surface area contributed by atoms with Gasteiger partial charge in [0, 0.05) is 44.9 Å². The van der Waals surface area contributed by atoms with Crippen molar-refractivity contribution < 1.29 is 8.83 Å². The number of nitrogens with zero attached hydrogens (tertiary/aromatic N) is 2. The Kier molecular flexibility index (Phi) is 4.47. The molecule has 4 aromatic heterocycles. The van der Waals surface area contributed by atoms with E-state index >= 15 is 0 Å². The quantitative estimate of drug-likeness (QED) is 0.237. The molecule has 0 aliphatic rings. The molecule has 4 heterocycles. The van der Waals surface area contributed by atoms with E-state index in [0.717, 1.165) is 60.8 Å². The van der Waals surface area contributed by atoms with Crippen LogP contribution in [-0.4, -0.2) is 18.0 Å². The van der Waals surface area contributed by atoms with Crippen molar-refractivity contribution in [3.63, 3.8) is 0 Å². The van der Waals surface area contributed by atoms with Crippen LogP contribution in [0, 0.1) is 0 Å². The first-order valence-electron chi connectivity index (χ1n) is 12.2. The molecule has 0 bridgehead atoms. The third-order valence-electron chi connectivity index (χ3n) is 6.90. The minimum Gasteiger partial charge on any atom is -0.456 e. The number of aromatic nitrogens is 2. The van der Waals surface area contributed by atoms with Gasteiger partial charge in [-0.3, -0.25) is 4.98 Å². The first kappa shape index (κ1) is 21.1. The minimum atomic E-state index is -1.56. The Balaban J connectivity index is 1.41. The van der Waals surface area contributed by atoms with E-state index in [-0.39, 0.29) is 0 Å². The van der Waals surface area contributed by atoms with E-state index < -0.39 is 8.07 Å². The van der Waals surface area contributed by atoms with Crippen LogP contribution >= 0.6 is 0 Å². The molecule has 5 heteroatoms. The normalized spacial score (nSPS) is 12.3. The molecular formula is C31H24N2O2Si. The summed E-state index contributed by atoms with van der Waals surface area (Å²) in [6, 6.07) is 29.0. The van der Waals surface area contributed by atoms with Crippen molar-refractivity contribution in [2.24, 2.45) is 0 Å². The van der Waals surface area contributed by atoms with Crippen molar-refractivity contribution in [2.75, 3.05) is 0 Å². The van der Waals surface area contributed by atoms with Gasteiger partial charge in [-0.15, -0.1) is 0 Å². The smallest absolute Gasteiger partial charge is 0.227 e. The molecule has 0 fully saturated rings. The Bertz CT molecular complexity index is 1930. The van der Waals surface area contributed by atoms with Crippen LogP contribution in [0.25, 0.3) is 66.5 Å². The molecular weight excluding hydrogens is 460 g/mol. The molecule has 0 saturated heterocycles. The predicted octanol–water partition coefficient (Wildman–Crippen LogP) is 8.15. The lowest BCUT2D eigenvalue weighted by molar-refractivity contribution is 0.655. The first-order chi connectivity index (χ1) is 17.5. The van der Waals surface area contributed by atoms with Crippen LogP contribution < -0.4 is 5.19 Å². The number of hydrogen-bond acceptors (Lipinski definition) is 4. The van der Waals surface area contributed by atoms with Gasteiger partial charge in [-0.25, -0.2) is 4.98 Å². The van der Waals surface area contributed by atoms with Crippen molar-refractivity contribution in [1.82, 2.24) is 9.97 Å². The van der Waals surface area contributed by atoms with E-state index in [1.807, 2.05) is 48.7 Å². The largest absolute Gasteiger partial charge is 0.456 e. The monoisotopic (exact) mass is 484 g/mol. The Morgan fingerprint density at radius 1 is 0.639 bits per heavy atom. The van der Waals surface area contributed by atoms with Crippen molar-refractivity contribution >= 4 is 57.3 Å². The van der Waals surface area contributed by atoms with Gasteiger partial charge in [0.1, 0.15) is 16.7 Å². The van der Waals surface area contributed by atoms with Crippen LogP contribution in [0.1, 0.15) is 0 Å². The molecule has 0 saturated carbocycles. The molecule has 0 amide bonds. The molecule has 0 aliphatic heterocycles. The third-order valence-corrected chi connectivity index (χ3v) is 8.91. The first-order valence-corrected chi connectivity index (χ1v) is 15.7. The maximum atomic E-state index is 6.46. The van der Waals surface area contributed by atoms with Crippen LogP contribution in [0.5, 0.6) is 0 Å². The van der Waals surface area contributed by atoms with Gasteiger partial charge in [-0.2, -0.15) is 0 Å². The van der Waals surface area contributed by atoms with Crippen LogP contribution in [-0.2, 0) is 0 Å². The Labute approximate surface area is 209 Å². The fraction of sp³-hybridized carbons (Fsp3) is 0.0968. The van der Waals surface area contributed by atoms with Gasteiger partial charge in [0.25, 0.3) is 0 Å².